The third-order valence-electron chi connectivity index (χ3n) is 3.29. The van der Waals surface area contributed by atoms with Gasteiger partial charge >= 0.3 is 0 Å². The van der Waals surface area contributed by atoms with Crippen LogP contribution in [0.2, 0.25) is 0 Å². The lowest BCUT2D eigenvalue weighted by atomic mass is 9.89. The monoisotopic (exact) mass is 199 g/mol. The molecule has 0 spiro atoms. The molecule has 0 amide bonds. The van der Waals surface area contributed by atoms with Crippen molar-refractivity contribution in [1.82, 2.24) is 5.01 Å². The fraction of sp³-hybridized carbons (Fsp3) is 1.00. The first-order valence-electron chi connectivity index (χ1n) is 6.00. The van der Waals surface area contributed by atoms with E-state index in [2.05, 4.69) is 6.92 Å². The number of rotatable bonds is 5. The molecule has 1 aliphatic rings. The Kier molecular flexibility index (Phi) is 4.85. The van der Waals surface area contributed by atoms with Crippen molar-refractivity contribution in [1.29, 1.82) is 0 Å². The van der Waals surface area contributed by atoms with E-state index in [0.29, 0.717) is 0 Å². The van der Waals surface area contributed by atoms with Crippen LogP contribution in [-0.4, -0.2) is 17.2 Å². The van der Waals surface area contributed by atoms with Gasteiger partial charge in [-0.3, -0.25) is 5.84 Å². The number of nitrogens with zero attached hydrogens (tertiary/aromatic N) is 1. The molecular formula is C11H25N3. The third kappa shape index (κ3) is 3.23. The highest BCUT2D eigenvalue weighted by Crippen LogP contribution is 2.27. The summed E-state index contributed by atoms with van der Waals surface area (Å²) in [5, 5.41) is 1.89. The molecule has 0 radical (unpaired) electrons. The molecule has 84 valence electrons. The maximum Gasteiger partial charge on any atom is 0.0818 e. The Balaban J connectivity index is 2.29. The van der Waals surface area contributed by atoms with Gasteiger partial charge in [0.05, 0.1) is 5.66 Å². The topological polar surface area (TPSA) is 55.3 Å². The third-order valence-corrected chi connectivity index (χ3v) is 3.29. The Hall–Kier alpha value is -0.120. The molecule has 1 aliphatic carbocycles. The lowest BCUT2D eigenvalue weighted by Gasteiger charge is -2.40. The van der Waals surface area contributed by atoms with E-state index >= 15 is 0 Å². The molecule has 0 aliphatic heterocycles. The predicted octanol–water partition coefficient (Wildman–Crippen LogP) is 1.97. The number of nitrogens with two attached hydrogens (primary N) is 2. The molecule has 14 heavy (non-hydrogen) atoms. The maximum atomic E-state index is 6.29. The summed E-state index contributed by atoms with van der Waals surface area (Å²) in [6, 6.07) is 0. The van der Waals surface area contributed by atoms with Crippen LogP contribution in [0.15, 0.2) is 0 Å². The van der Waals surface area contributed by atoms with Gasteiger partial charge in [0.2, 0.25) is 0 Å². The van der Waals surface area contributed by atoms with Crippen LogP contribution in [0.25, 0.3) is 0 Å². The quantitative estimate of drug-likeness (QED) is 0.308. The Morgan fingerprint density at radius 3 is 2.36 bits per heavy atom. The zero-order valence-electron chi connectivity index (χ0n) is 9.47. The van der Waals surface area contributed by atoms with Gasteiger partial charge in [0.15, 0.2) is 0 Å². The summed E-state index contributed by atoms with van der Waals surface area (Å²) in [6.07, 6.45) is 9.59. The first-order chi connectivity index (χ1) is 6.69. The van der Waals surface area contributed by atoms with E-state index in [4.69, 9.17) is 11.6 Å². The second kappa shape index (κ2) is 5.69. The zero-order valence-corrected chi connectivity index (χ0v) is 9.47. The second-order valence-corrected chi connectivity index (χ2v) is 4.56. The average molecular weight is 199 g/mol. The summed E-state index contributed by atoms with van der Waals surface area (Å²) in [7, 11) is 0. The molecule has 1 fully saturated rings. The SMILES string of the molecule is CCCCCN(N)C1(N)CCCCC1. The van der Waals surface area contributed by atoms with Crippen LogP contribution in [0.5, 0.6) is 0 Å². The first kappa shape index (κ1) is 12.0. The molecular weight excluding hydrogens is 174 g/mol. The molecule has 0 aromatic rings. The Morgan fingerprint density at radius 2 is 1.79 bits per heavy atom. The first-order valence-corrected chi connectivity index (χ1v) is 6.00. The summed E-state index contributed by atoms with van der Waals surface area (Å²) in [5.74, 6) is 6.03. The Bertz CT molecular complexity index is 153. The smallest absolute Gasteiger partial charge is 0.0818 e. The summed E-state index contributed by atoms with van der Waals surface area (Å²) in [4.78, 5) is 0. The van der Waals surface area contributed by atoms with E-state index in [1.54, 1.807) is 0 Å². The van der Waals surface area contributed by atoms with Gasteiger partial charge in [-0.15, -0.1) is 0 Å². The predicted molar refractivity (Wildman–Crippen MR) is 60.4 cm³/mol. The lowest BCUT2D eigenvalue weighted by molar-refractivity contribution is 0.0531. The van der Waals surface area contributed by atoms with Gasteiger partial charge < -0.3 is 5.73 Å². The van der Waals surface area contributed by atoms with Crippen molar-refractivity contribution in [3.63, 3.8) is 0 Å². The molecule has 4 N–H and O–H groups in total. The normalized spacial score (nSPS) is 21.4. The summed E-state index contributed by atoms with van der Waals surface area (Å²) in [6.45, 7) is 3.16. The highest BCUT2D eigenvalue weighted by atomic mass is 15.5. The summed E-state index contributed by atoms with van der Waals surface area (Å²) >= 11 is 0. The minimum absolute atomic E-state index is 0.202. The van der Waals surface area contributed by atoms with Crippen molar-refractivity contribution in [2.75, 3.05) is 6.54 Å². The number of hydrogen-bond donors (Lipinski definition) is 2. The molecule has 0 unspecified atom stereocenters. The van der Waals surface area contributed by atoms with E-state index in [1.165, 1.54) is 38.5 Å². The highest BCUT2D eigenvalue weighted by molar-refractivity contribution is 4.84. The molecule has 3 nitrogen and oxygen atoms in total. The van der Waals surface area contributed by atoms with Crippen LogP contribution in [-0.2, 0) is 0 Å². The van der Waals surface area contributed by atoms with Gasteiger partial charge in [-0.2, -0.15) is 0 Å². The minimum atomic E-state index is -0.202. The summed E-state index contributed by atoms with van der Waals surface area (Å²) < 4.78 is 0. The van der Waals surface area contributed by atoms with Crippen molar-refractivity contribution >= 4 is 0 Å². The standard InChI is InChI=1S/C11H25N3/c1-2-3-7-10-14(13)11(12)8-5-4-6-9-11/h2-10,12-13H2,1H3. The van der Waals surface area contributed by atoms with Crippen LogP contribution in [0.3, 0.4) is 0 Å². The van der Waals surface area contributed by atoms with E-state index in [-0.39, 0.29) is 5.66 Å². The van der Waals surface area contributed by atoms with Gasteiger partial charge in [-0.05, 0) is 19.3 Å². The fourth-order valence-corrected chi connectivity index (χ4v) is 2.21. The van der Waals surface area contributed by atoms with Gasteiger partial charge in [-0.1, -0.05) is 39.0 Å². The lowest BCUT2D eigenvalue weighted by Crippen LogP contribution is -2.60. The van der Waals surface area contributed by atoms with Gasteiger partial charge in [-0.25, -0.2) is 5.01 Å². The van der Waals surface area contributed by atoms with Crippen molar-refractivity contribution in [3.8, 4) is 0 Å². The number of unbranched alkanes of at least 4 members (excludes halogenated alkanes) is 2. The zero-order chi connectivity index (χ0) is 10.4. The molecule has 0 heterocycles. The summed E-state index contributed by atoms with van der Waals surface area (Å²) in [5.41, 5.74) is 6.08. The minimum Gasteiger partial charge on any atom is -0.312 e. The number of hydrogen-bond acceptors (Lipinski definition) is 3. The van der Waals surface area contributed by atoms with E-state index in [9.17, 15) is 0 Å². The Labute approximate surface area is 87.8 Å². The molecule has 0 bridgehead atoms. The van der Waals surface area contributed by atoms with Crippen LogP contribution >= 0.6 is 0 Å². The highest BCUT2D eigenvalue weighted by Gasteiger charge is 2.31. The molecule has 1 saturated carbocycles. The number of hydrazine groups is 1. The molecule has 3 heteroatoms. The second-order valence-electron chi connectivity index (χ2n) is 4.56. The maximum absolute atomic E-state index is 6.29. The molecule has 0 saturated heterocycles. The molecule has 0 aromatic heterocycles. The van der Waals surface area contributed by atoms with Gasteiger partial charge in [0.1, 0.15) is 0 Å². The van der Waals surface area contributed by atoms with E-state index in [1.807, 2.05) is 5.01 Å². The average Bonchev–Trinajstić information content (AvgIpc) is 2.19. The Morgan fingerprint density at radius 1 is 1.14 bits per heavy atom. The van der Waals surface area contributed by atoms with Crippen molar-refractivity contribution < 1.29 is 0 Å². The van der Waals surface area contributed by atoms with Gasteiger partial charge in [0, 0.05) is 6.54 Å². The molecule has 0 aromatic carbocycles. The van der Waals surface area contributed by atoms with Crippen molar-refractivity contribution in [2.24, 2.45) is 11.6 Å². The van der Waals surface area contributed by atoms with E-state index < -0.39 is 0 Å². The molecule has 1 rings (SSSR count). The van der Waals surface area contributed by atoms with Crippen LogP contribution in [0.1, 0.15) is 58.3 Å². The van der Waals surface area contributed by atoms with Crippen LogP contribution in [0.4, 0.5) is 0 Å². The van der Waals surface area contributed by atoms with Crippen LogP contribution < -0.4 is 11.6 Å². The van der Waals surface area contributed by atoms with Gasteiger partial charge in [0.25, 0.3) is 0 Å². The van der Waals surface area contributed by atoms with Crippen molar-refractivity contribution in [2.45, 2.75) is 64.0 Å². The van der Waals surface area contributed by atoms with Crippen molar-refractivity contribution in [3.05, 3.63) is 0 Å². The largest absolute Gasteiger partial charge is 0.312 e. The van der Waals surface area contributed by atoms with Crippen LogP contribution in [0, 0.1) is 0 Å². The fourth-order valence-electron chi connectivity index (χ4n) is 2.21. The molecule has 0 atom stereocenters. The van der Waals surface area contributed by atoms with E-state index in [0.717, 1.165) is 19.4 Å².